The van der Waals surface area contributed by atoms with E-state index in [2.05, 4.69) is 40.0 Å². The van der Waals surface area contributed by atoms with Gasteiger partial charge < -0.3 is 14.6 Å². The zero-order valence-electron chi connectivity index (χ0n) is 20.0. The number of aromatic nitrogens is 3. The average Bonchev–Trinajstić information content (AvgIpc) is 3.58. The first kappa shape index (κ1) is 25.2. The molecule has 0 aliphatic carbocycles. The molecule has 1 N–H and O–H groups in total. The van der Waals surface area contributed by atoms with E-state index in [-0.39, 0.29) is 11.7 Å². The Kier molecular flexibility index (Phi) is 8.04. The number of nitrogens with one attached hydrogen (secondary N) is 1. The van der Waals surface area contributed by atoms with Crippen molar-refractivity contribution in [2.45, 2.75) is 38.9 Å². The number of methoxy groups -OCH3 is 1. The molecular formula is C25H26N4O3S3. The maximum Gasteiger partial charge on any atom is 0.340 e. The summed E-state index contributed by atoms with van der Waals surface area (Å²) in [6, 6.07) is 12.0. The normalized spacial score (nSPS) is 11.0. The van der Waals surface area contributed by atoms with Gasteiger partial charge in [0.05, 0.1) is 18.4 Å². The summed E-state index contributed by atoms with van der Waals surface area (Å²) in [5.74, 6) is 0.261. The van der Waals surface area contributed by atoms with Gasteiger partial charge in [0.2, 0.25) is 5.91 Å². The molecule has 4 aromatic rings. The largest absolute Gasteiger partial charge is 0.465 e. The number of rotatable bonds is 9. The van der Waals surface area contributed by atoms with Crippen molar-refractivity contribution in [1.82, 2.24) is 14.8 Å². The molecule has 3 aromatic heterocycles. The van der Waals surface area contributed by atoms with Crippen molar-refractivity contribution < 1.29 is 14.3 Å². The Bertz CT molecular complexity index is 1340. The second-order valence-corrected chi connectivity index (χ2v) is 10.8. The zero-order chi connectivity index (χ0) is 24.9. The molecule has 0 radical (unpaired) electrons. The van der Waals surface area contributed by atoms with Crippen LogP contribution in [0.5, 0.6) is 0 Å². The number of aryl methyl sites for hydroxylation is 2. The Morgan fingerprint density at radius 2 is 1.94 bits per heavy atom. The van der Waals surface area contributed by atoms with Crippen molar-refractivity contribution in [2.75, 3.05) is 18.2 Å². The van der Waals surface area contributed by atoms with E-state index in [9.17, 15) is 9.59 Å². The fourth-order valence-electron chi connectivity index (χ4n) is 3.73. The molecule has 0 aliphatic rings. The van der Waals surface area contributed by atoms with Gasteiger partial charge in [-0.05, 0) is 31.9 Å². The molecule has 0 spiro atoms. The molecule has 0 saturated carbocycles. The Balaban J connectivity index is 1.53. The number of amides is 1. The quantitative estimate of drug-likeness (QED) is 0.208. The van der Waals surface area contributed by atoms with Crippen LogP contribution in [0.25, 0.3) is 22.5 Å². The summed E-state index contributed by atoms with van der Waals surface area (Å²) in [6.45, 7) is 6.83. The van der Waals surface area contributed by atoms with Crippen LogP contribution in [0, 0.1) is 6.92 Å². The summed E-state index contributed by atoms with van der Waals surface area (Å²) >= 11 is 4.40. The second-order valence-electron chi connectivity index (χ2n) is 7.63. The van der Waals surface area contributed by atoms with Gasteiger partial charge in [0.15, 0.2) is 11.0 Å². The first-order valence-electron chi connectivity index (χ1n) is 11.2. The van der Waals surface area contributed by atoms with E-state index in [1.165, 1.54) is 35.1 Å². The van der Waals surface area contributed by atoms with E-state index < -0.39 is 5.97 Å². The highest BCUT2D eigenvalue weighted by molar-refractivity contribution is 7.99. The molecule has 0 fully saturated rings. The fourth-order valence-corrected chi connectivity index (χ4v) is 6.39. The average molecular weight is 527 g/mol. The number of nitrogens with zero attached hydrogens (tertiary/aromatic N) is 3. The summed E-state index contributed by atoms with van der Waals surface area (Å²) in [7, 11) is 1.33. The third-order valence-corrected chi connectivity index (χ3v) is 8.51. The van der Waals surface area contributed by atoms with Gasteiger partial charge in [-0.15, -0.1) is 32.9 Å². The SMILES string of the molecule is CCc1cc(C(=O)OC)c(NC(=O)CSc2nnc(-c3csc(C)c3-c3ccccc3)n2CC)s1. The van der Waals surface area contributed by atoms with Crippen molar-refractivity contribution in [2.24, 2.45) is 0 Å². The van der Waals surface area contributed by atoms with E-state index >= 15 is 0 Å². The van der Waals surface area contributed by atoms with Crippen LogP contribution < -0.4 is 5.32 Å². The molecule has 4 rings (SSSR count). The molecule has 0 aliphatic heterocycles. The van der Waals surface area contributed by atoms with Crippen molar-refractivity contribution in [1.29, 1.82) is 0 Å². The highest BCUT2D eigenvalue weighted by atomic mass is 32.2. The molecule has 1 aromatic carbocycles. The molecule has 0 bridgehead atoms. The monoisotopic (exact) mass is 526 g/mol. The smallest absolute Gasteiger partial charge is 0.340 e. The van der Waals surface area contributed by atoms with Gasteiger partial charge in [-0.1, -0.05) is 49.0 Å². The van der Waals surface area contributed by atoms with Gasteiger partial charge in [0.25, 0.3) is 0 Å². The standard InChI is InChI=1S/C25H26N4O3S3/c1-5-17-12-18(24(31)32-4)23(35-17)26-20(30)14-34-25-28-27-22(29(25)6-2)19-13-33-15(3)21(19)16-10-8-7-9-11-16/h7-13H,5-6,14H2,1-4H3,(H,26,30). The molecule has 3 heterocycles. The summed E-state index contributed by atoms with van der Waals surface area (Å²) in [6.07, 6.45) is 0.773. The van der Waals surface area contributed by atoms with Crippen molar-refractivity contribution >= 4 is 51.3 Å². The summed E-state index contributed by atoms with van der Waals surface area (Å²) in [4.78, 5) is 27.0. The molecule has 0 saturated heterocycles. The maximum atomic E-state index is 12.7. The van der Waals surface area contributed by atoms with Crippen LogP contribution in [0.4, 0.5) is 5.00 Å². The number of benzene rings is 1. The predicted octanol–water partition coefficient (Wildman–Crippen LogP) is 6.14. The predicted molar refractivity (Wildman–Crippen MR) is 144 cm³/mol. The van der Waals surface area contributed by atoms with E-state index in [1.807, 2.05) is 36.6 Å². The highest BCUT2D eigenvalue weighted by Crippen LogP contribution is 2.39. The van der Waals surface area contributed by atoms with Crippen molar-refractivity contribution in [3.05, 3.63) is 57.1 Å². The minimum Gasteiger partial charge on any atom is -0.465 e. The number of esters is 1. The van der Waals surface area contributed by atoms with Crippen LogP contribution in [-0.4, -0.2) is 39.5 Å². The van der Waals surface area contributed by atoms with Gasteiger partial charge in [-0.2, -0.15) is 0 Å². The van der Waals surface area contributed by atoms with Crippen LogP contribution in [0.15, 0.2) is 46.9 Å². The molecule has 1 amide bonds. The first-order chi connectivity index (χ1) is 17.0. The zero-order valence-corrected chi connectivity index (χ0v) is 22.4. The Morgan fingerprint density at radius 3 is 2.63 bits per heavy atom. The number of thiophene rings is 2. The van der Waals surface area contributed by atoms with Crippen LogP contribution in [0.2, 0.25) is 0 Å². The van der Waals surface area contributed by atoms with E-state index in [0.29, 0.717) is 22.3 Å². The van der Waals surface area contributed by atoms with E-state index in [4.69, 9.17) is 4.74 Å². The fraction of sp³-hybridized carbons (Fsp3) is 0.280. The van der Waals surface area contributed by atoms with Crippen molar-refractivity contribution in [3.63, 3.8) is 0 Å². The number of thioether (sulfide) groups is 1. The Labute approximate surface area is 216 Å². The minimum atomic E-state index is -0.459. The van der Waals surface area contributed by atoms with Crippen molar-refractivity contribution in [3.8, 4) is 22.5 Å². The maximum absolute atomic E-state index is 12.7. The lowest BCUT2D eigenvalue weighted by molar-refractivity contribution is -0.113. The third-order valence-electron chi connectivity index (χ3n) is 5.43. The third kappa shape index (κ3) is 5.34. The van der Waals surface area contributed by atoms with Crippen LogP contribution in [0.3, 0.4) is 0 Å². The topological polar surface area (TPSA) is 86.1 Å². The first-order valence-corrected chi connectivity index (χ1v) is 13.9. The highest BCUT2D eigenvalue weighted by Gasteiger charge is 2.22. The molecule has 10 heteroatoms. The Hall–Kier alpha value is -2.95. The molecule has 35 heavy (non-hydrogen) atoms. The van der Waals surface area contributed by atoms with Crippen LogP contribution in [-0.2, 0) is 22.5 Å². The molecule has 7 nitrogen and oxygen atoms in total. The summed E-state index contributed by atoms with van der Waals surface area (Å²) in [5, 5.41) is 15.0. The molecule has 0 atom stereocenters. The van der Waals surface area contributed by atoms with Gasteiger partial charge >= 0.3 is 5.97 Å². The lowest BCUT2D eigenvalue weighted by atomic mass is 10.0. The molecule has 182 valence electrons. The minimum absolute atomic E-state index is 0.145. The van der Waals surface area contributed by atoms with Crippen LogP contribution in [0.1, 0.15) is 34.0 Å². The lowest BCUT2D eigenvalue weighted by Crippen LogP contribution is -2.16. The lowest BCUT2D eigenvalue weighted by Gasteiger charge is -2.09. The summed E-state index contributed by atoms with van der Waals surface area (Å²) < 4.78 is 6.89. The number of hydrogen-bond donors (Lipinski definition) is 1. The molecule has 0 unspecified atom stereocenters. The number of ether oxygens (including phenoxy) is 1. The van der Waals surface area contributed by atoms with E-state index in [1.54, 1.807) is 17.4 Å². The summed E-state index contributed by atoms with van der Waals surface area (Å²) in [5.41, 5.74) is 3.72. The Morgan fingerprint density at radius 1 is 1.17 bits per heavy atom. The van der Waals surface area contributed by atoms with E-state index in [0.717, 1.165) is 33.8 Å². The molecular weight excluding hydrogens is 501 g/mol. The van der Waals surface area contributed by atoms with Gasteiger partial charge in [-0.3, -0.25) is 4.79 Å². The number of carbonyl (C=O) groups excluding carboxylic acids is 2. The van der Waals surface area contributed by atoms with Crippen LogP contribution >= 0.6 is 34.4 Å². The van der Waals surface area contributed by atoms with Gasteiger partial charge in [0, 0.05) is 32.8 Å². The van der Waals surface area contributed by atoms with Gasteiger partial charge in [-0.25, -0.2) is 4.79 Å². The number of hydrogen-bond acceptors (Lipinski definition) is 8. The number of anilines is 1. The van der Waals surface area contributed by atoms with Gasteiger partial charge in [0.1, 0.15) is 5.00 Å². The number of carbonyl (C=O) groups is 2. The second kappa shape index (κ2) is 11.2.